The highest BCUT2D eigenvalue weighted by molar-refractivity contribution is 7.13. The minimum atomic E-state index is 0.154. The monoisotopic (exact) mass is 382 g/mol. The van der Waals surface area contributed by atoms with Crippen molar-refractivity contribution in [1.29, 1.82) is 0 Å². The molecule has 0 spiro atoms. The molecule has 4 heteroatoms. The molecule has 1 unspecified atom stereocenters. The first-order chi connectivity index (χ1) is 13.3. The van der Waals surface area contributed by atoms with E-state index < -0.39 is 0 Å². The van der Waals surface area contributed by atoms with Gasteiger partial charge in [-0.05, 0) is 60.9 Å². The van der Waals surface area contributed by atoms with Crippen LogP contribution in [-0.4, -0.2) is 29.9 Å². The average molecular weight is 383 g/mol. The molecule has 1 N–H and O–H groups in total. The number of hydrogen-bond donors (Lipinski definition) is 1. The van der Waals surface area contributed by atoms with E-state index in [0.717, 1.165) is 45.3 Å². The van der Waals surface area contributed by atoms with Gasteiger partial charge in [-0.25, -0.2) is 0 Å². The Morgan fingerprint density at radius 2 is 1.96 bits per heavy atom. The zero-order valence-corrected chi connectivity index (χ0v) is 16.8. The fourth-order valence-electron chi connectivity index (χ4n) is 4.50. The van der Waals surface area contributed by atoms with Crippen LogP contribution < -0.4 is 5.32 Å². The van der Waals surface area contributed by atoms with Gasteiger partial charge in [0, 0.05) is 24.0 Å². The maximum absolute atomic E-state index is 12.7. The number of rotatable bonds is 5. The van der Waals surface area contributed by atoms with Crippen LogP contribution in [0.5, 0.6) is 0 Å². The van der Waals surface area contributed by atoms with E-state index in [1.165, 1.54) is 35.3 Å². The second-order valence-electron chi connectivity index (χ2n) is 8.10. The lowest BCUT2D eigenvalue weighted by Gasteiger charge is -2.33. The molecule has 0 bridgehead atoms. The van der Waals surface area contributed by atoms with Crippen LogP contribution in [0.15, 0.2) is 41.8 Å². The second-order valence-corrected chi connectivity index (χ2v) is 9.04. The van der Waals surface area contributed by atoms with Gasteiger partial charge in [0.1, 0.15) is 0 Å². The summed E-state index contributed by atoms with van der Waals surface area (Å²) in [6, 6.07) is 13.6. The zero-order valence-electron chi connectivity index (χ0n) is 16.0. The third kappa shape index (κ3) is 4.99. The van der Waals surface area contributed by atoms with Gasteiger partial charge in [0.05, 0.1) is 5.92 Å². The number of hydrogen-bond acceptors (Lipinski definition) is 3. The third-order valence-electron chi connectivity index (χ3n) is 5.97. The molecule has 144 valence electrons. The predicted molar refractivity (Wildman–Crippen MR) is 113 cm³/mol. The summed E-state index contributed by atoms with van der Waals surface area (Å²) < 4.78 is 0. The van der Waals surface area contributed by atoms with Gasteiger partial charge in [0.15, 0.2) is 0 Å². The third-order valence-corrected chi connectivity index (χ3v) is 6.89. The molecule has 27 heavy (non-hydrogen) atoms. The van der Waals surface area contributed by atoms with Crippen molar-refractivity contribution in [2.24, 2.45) is 5.92 Å². The van der Waals surface area contributed by atoms with E-state index in [1.54, 1.807) is 11.3 Å². The summed E-state index contributed by atoms with van der Waals surface area (Å²) in [6.45, 7) is 2.92. The quantitative estimate of drug-likeness (QED) is 0.782. The van der Waals surface area contributed by atoms with Gasteiger partial charge >= 0.3 is 0 Å². The highest BCUT2D eigenvalue weighted by Crippen LogP contribution is 2.27. The van der Waals surface area contributed by atoms with E-state index in [1.807, 2.05) is 0 Å². The van der Waals surface area contributed by atoms with Crippen LogP contribution in [0.1, 0.15) is 50.5 Å². The van der Waals surface area contributed by atoms with Crippen LogP contribution in [0.25, 0.3) is 10.4 Å². The largest absolute Gasteiger partial charge is 0.353 e. The molecule has 1 saturated heterocycles. The predicted octanol–water partition coefficient (Wildman–Crippen LogP) is 5.08. The first-order valence-electron chi connectivity index (χ1n) is 10.4. The van der Waals surface area contributed by atoms with E-state index in [0.29, 0.717) is 11.9 Å². The molecular weight excluding hydrogens is 352 g/mol. The fraction of sp³-hybridized carbons (Fsp3) is 0.522. The standard InChI is InChI=1S/C23H30N2OS/c26-23(24-21-10-2-1-3-11-21)20-9-5-13-25(17-20)16-18-7-4-8-19(15-18)22-12-6-14-27-22/h4,6-8,12,14-15,20-21H,1-3,5,9-11,13,16-17H2,(H,24,26). The normalized spacial score (nSPS) is 21.9. The number of nitrogens with one attached hydrogen (secondary N) is 1. The summed E-state index contributed by atoms with van der Waals surface area (Å²) in [4.78, 5) is 16.5. The number of likely N-dealkylation sites (tertiary alicyclic amines) is 1. The van der Waals surface area contributed by atoms with Crippen LogP contribution in [0, 0.1) is 5.92 Å². The summed E-state index contributed by atoms with van der Waals surface area (Å²) in [5.74, 6) is 0.445. The molecule has 2 aliphatic rings. The van der Waals surface area contributed by atoms with Crippen molar-refractivity contribution in [3.8, 4) is 10.4 Å². The maximum Gasteiger partial charge on any atom is 0.224 e. The smallest absolute Gasteiger partial charge is 0.224 e. The summed E-state index contributed by atoms with van der Waals surface area (Å²) >= 11 is 1.79. The number of thiophene rings is 1. The summed E-state index contributed by atoms with van der Waals surface area (Å²) in [6.07, 6.45) is 8.34. The van der Waals surface area contributed by atoms with Crippen molar-refractivity contribution in [3.05, 3.63) is 47.3 Å². The van der Waals surface area contributed by atoms with Gasteiger partial charge in [0.2, 0.25) is 5.91 Å². The van der Waals surface area contributed by atoms with E-state index in [9.17, 15) is 4.79 Å². The first kappa shape index (κ1) is 18.7. The molecular formula is C23H30N2OS. The number of carbonyl (C=O) groups is 1. The number of piperidine rings is 1. The molecule has 1 aliphatic heterocycles. The Balaban J connectivity index is 1.34. The molecule has 1 aliphatic carbocycles. The van der Waals surface area contributed by atoms with Gasteiger partial charge < -0.3 is 5.32 Å². The van der Waals surface area contributed by atoms with Crippen molar-refractivity contribution >= 4 is 17.2 Å². The zero-order chi connectivity index (χ0) is 18.5. The number of benzene rings is 1. The van der Waals surface area contributed by atoms with Crippen molar-refractivity contribution in [2.75, 3.05) is 13.1 Å². The minimum Gasteiger partial charge on any atom is -0.353 e. The highest BCUT2D eigenvalue weighted by Gasteiger charge is 2.27. The van der Waals surface area contributed by atoms with E-state index in [2.05, 4.69) is 52.0 Å². The maximum atomic E-state index is 12.7. The average Bonchev–Trinajstić information content (AvgIpc) is 3.24. The molecule has 2 heterocycles. The number of amides is 1. The summed E-state index contributed by atoms with van der Waals surface area (Å²) in [5, 5.41) is 5.46. The molecule has 1 amide bonds. The first-order valence-corrected chi connectivity index (χ1v) is 11.3. The number of nitrogens with zero attached hydrogens (tertiary/aromatic N) is 1. The molecule has 1 atom stereocenters. The van der Waals surface area contributed by atoms with Crippen molar-refractivity contribution in [3.63, 3.8) is 0 Å². The van der Waals surface area contributed by atoms with Crippen molar-refractivity contribution < 1.29 is 4.79 Å². The second kappa shape index (κ2) is 9.03. The molecule has 0 radical (unpaired) electrons. The molecule has 1 aromatic heterocycles. The van der Waals surface area contributed by atoms with Gasteiger partial charge in [-0.1, -0.05) is 43.5 Å². The van der Waals surface area contributed by atoms with Crippen LogP contribution >= 0.6 is 11.3 Å². The summed E-state index contributed by atoms with van der Waals surface area (Å²) in [7, 11) is 0. The van der Waals surface area contributed by atoms with E-state index >= 15 is 0 Å². The van der Waals surface area contributed by atoms with Crippen molar-refractivity contribution in [1.82, 2.24) is 10.2 Å². The lowest BCUT2D eigenvalue weighted by atomic mass is 9.93. The minimum absolute atomic E-state index is 0.154. The Hall–Kier alpha value is -1.65. The molecule has 4 rings (SSSR count). The van der Waals surface area contributed by atoms with Gasteiger partial charge in [-0.15, -0.1) is 11.3 Å². The lowest BCUT2D eigenvalue weighted by molar-refractivity contribution is -0.127. The summed E-state index contributed by atoms with van der Waals surface area (Å²) in [5.41, 5.74) is 2.64. The van der Waals surface area contributed by atoms with Crippen LogP contribution in [0.4, 0.5) is 0 Å². The van der Waals surface area contributed by atoms with Crippen LogP contribution in [0.3, 0.4) is 0 Å². The topological polar surface area (TPSA) is 32.3 Å². The Bertz CT molecular complexity index is 737. The van der Waals surface area contributed by atoms with Gasteiger partial charge in [-0.3, -0.25) is 9.69 Å². The van der Waals surface area contributed by atoms with Crippen LogP contribution in [-0.2, 0) is 11.3 Å². The molecule has 3 nitrogen and oxygen atoms in total. The molecule has 1 aromatic carbocycles. The Morgan fingerprint density at radius 1 is 1.07 bits per heavy atom. The van der Waals surface area contributed by atoms with Gasteiger partial charge in [-0.2, -0.15) is 0 Å². The Kier molecular flexibility index (Phi) is 6.25. The van der Waals surface area contributed by atoms with E-state index in [-0.39, 0.29) is 5.92 Å². The molecule has 1 saturated carbocycles. The SMILES string of the molecule is O=C(NC1CCCCC1)C1CCCN(Cc2cccc(-c3cccs3)c2)C1. The molecule has 2 fully saturated rings. The van der Waals surface area contributed by atoms with E-state index in [4.69, 9.17) is 0 Å². The fourth-order valence-corrected chi connectivity index (χ4v) is 5.23. The highest BCUT2D eigenvalue weighted by atomic mass is 32.1. The molecule has 2 aromatic rings. The van der Waals surface area contributed by atoms with Crippen molar-refractivity contribution in [2.45, 2.75) is 57.5 Å². The Morgan fingerprint density at radius 3 is 2.78 bits per heavy atom. The van der Waals surface area contributed by atoms with Crippen LogP contribution in [0.2, 0.25) is 0 Å². The number of carbonyl (C=O) groups excluding carboxylic acids is 1. The Labute approximate surface area is 166 Å². The van der Waals surface area contributed by atoms with Gasteiger partial charge in [0.25, 0.3) is 0 Å². The lowest BCUT2D eigenvalue weighted by Crippen LogP contribution is -2.46.